The second-order valence-electron chi connectivity index (χ2n) is 11.2. The lowest BCUT2D eigenvalue weighted by atomic mass is 9.53. The first-order valence-corrected chi connectivity index (χ1v) is 12.7. The van der Waals surface area contributed by atoms with Crippen molar-refractivity contribution in [2.45, 2.75) is 94.1 Å². The van der Waals surface area contributed by atoms with Gasteiger partial charge in [-0.25, -0.2) is 4.79 Å². The largest absolute Gasteiger partial charge is 0.458 e. The summed E-state index contributed by atoms with van der Waals surface area (Å²) in [6, 6.07) is 0. The number of unbranched alkanes of at least 4 members (excludes halogenated alkanes) is 1. The minimum Gasteiger partial charge on any atom is -0.458 e. The number of fused-ring (bicyclic) bond motifs is 4. The molecule has 9 atom stereocenters. The van der Waals surface area contributed by atoms with E-state index in [-0.39, 0.29) is 54.5 Å². The Morgan fingerprint density at radius 1 is 1.21 bits per heavy atom. The van der Waals surface area contributed by atoms with Crippen molar-refractivity contribution >= 4 is 11.9 Å². The van der Waals surface area contributed by atoms with Crippen LogP contribution in [0.3, 0.4) is 0 Å². The summed E-state index contributed by atoms with van der Waals surface area (Å²) in [6.45, 7) is 7.78. The van der Waals surface area contributed by atoms with Crippen molar-refractivity contribution < 1.29 is 33.3 Å². The molecule has 5 fully saturated rings. The summed E-state index contributed by atoms with van der Waals surface area (Å²) in [5, 5.41) is 3.20. The lowest BCUT2D eigenvalue weighted by molar-refractivity contribution is -0.164. The van der Waals surface area contributed by atoms with Gasteiger partial charge in [0.15, 0.2) is 11.7 Å². The van der Waals surface area contributed by atoms with Gasteiger partial charge < -0.3 is 29.0 Å². The third-order valence-electron chi connectivity index (χ3n) is 9.63. The van der Waals surface area contributed by atoms with E-state index >= 15 is 0 Å². The molecule has 33 heavy (non-hydrogen) atoms. The molecule has 7 rings (SSSR count). The number of esters is 2. The molecule has 8 heteroatoms. The molecule has 3 saturated heterocycles. The molecule has 4 aliphatic heterocycles. The van der Waals surface area contributed by atoms with E-state index in [0.717, 1.165) is 49.8 Å². The topological polar surface area (TPSA) is 102 Å². The van der Waals surface area contributed by atoms with Crippen LogP contribution in [0.2, 0.25) is 0 Å². The summed E-state index contributed by atoms with van der Waals surface area (Å²) in [5.74, 6) is 0.219. The molecule has 0 amide bonds. The van der Waals surface area contributed by atoms with Gasteiger partial charge in [0, 0.05) is 11.5 Å². The number of carbonyl (C=O) groups is 2. The molecule has 7 aliphatic rings. The third-order valence-corrected chi connectivity index (χ3v) is 9.63. The number of nitrogens with one attached hydrogen (secondary N) is 1. The zero-order chi connectivity index (χ0) is 22.8. The number of cyclic esters (lactones) is 1. The highest BCUT2D eigenvalue weighted by Crippen LogP contribution is 2.80. The van der Waals surface area contributed by atoms with Gasteiger partial charge in [-0.3, -0.25) is 4.79 Å². The molecule has 0 bridgehead atoms. The molecule has 8 nitrogen and oxygen atoms in total. The summed E-state index contributed by atoms with van der Waals surface area (Å²) in [4.78, 5) is 25.1. The molecule has 4 heterocycles. The highest BCUT2D eigenvalue weighted by atomic mass is 16.8. The second kappa shape index (κ2) is 6.59. The van der Waals surface area contributed by atoms with Crippen LogP contribution in [0.1, 0.15) is 52.9 Å². The fourth-order valence-electron chi connectivity index (χ4n) is 8.05. The Morgan fingerprint density at radius 2 is 2.06 bits per heavy atom. The fourth-order valence-corrected chi connectivity index (χ4v) is 8.05. The van der Waals surface area contributed by atoms with Crippen LogP contribution in [-0.4, -0.2) is 72.9 Å². The Bertz CT molecular complexity index is 962. The molecule has 0 aromatic carbocycles. The van der Waals surface area contributed by atoms with Crippen molar-refractivity contribution in [2.24, 2.45) is 17.8 Å². The highest BCUT2D eigenvalue weighted by Gasteiger charge is 2.99. The van der Waals surface area contributed by atoms with Gasteiger partial charge in [-0.1, -0.05) is 27.2 Å². The van der Waals surface area contributed by atoms with Gasteiger partial charge in [-0.2, -0.15) is 0 Å². The summed E-state index contributed by atoms with van der Waals surface area (Å²) in [6.07, 6.45) is 3.88. The molecular formula is C25H33NO7. The van der Waals surface area contributed by atoms with Crippen molar-refractivity contribution in [2.75, 3.05) is 19.7 Å². The van der Waals surface area contributed by atoms with E-state index in [2.05, 4.69) is 26.1 Å². The number of hydrogen-bond donors (Lipinski definition) is 1. The third kappa shape index (κ3) is 2.36. The summed E-state index contributed by atoms with van der Waals surface area (Å²) in [7, 11) is 0. The number of hydrogen-bond acceptors (Lipinski definition) is 8. The monoisotopic (exact) mass is 459 g/mol. The van der Waals surface area contributed by atoms with Crippen LogP contribution >= 0.6 is 0 Å². The first-order valence-electron chi connectivity index (χ1n) is 12.7. The van der Waals surface area contributed by atoms with E-state index < -0.39 is 22.9 Å². The Morgan fingerprint density at radius 3 is 2.85 bits per heavy atom. The molecule has 0 unspecified atom stereocenters. The van der Waals surface area contributed by atoms with Crippen LogP contribution in [0.25, 0.3) is 0 Å². The van der Waals surface area contributed by atoms with Crippen molar-refractivity contribution in [3.63, 3.8) is 0 Å². The minimum absolute atomic E-state index is 0.0319. The maximum atomic E-state index is 12.9. The van der Waals surface area contributed by atoms with Crippen LogP contribution < -0.4 is 5.32 Å². The van der Waals surface area contributed by atoms with Crippen molar-refractivity contribution in [3.8, 4) is 0 Å². The van der Waals surface area contributed by atoms with Crippen molar-refractivity contribution in [3.05, 3.63) is 11.1 Å². The molecule has 2 spiro atoms. The predicted molar refractivity (Wildman–Crippen MR) is 114 cm³/mol. The maximum absolute atomic E-state index is 12.9. The van der Waals surface area contributed by atoms with E-state index in [9.17, 15) is 9.59 Å². The molecule has 180 valence electrons. The predicted octanol–water partition coefficient (Wildman–Crippen LogP) is 1.65. The van der Waals surface area contributed by atoms with Gasteiger partial charge >= 0.3 is 11.9 Å². The quantitative estimate of drug-likeness (QED) is 0.348. The second-order valence-corrected chi connectivity index (χ2v) is 11.2. The zero-order valence-corrected chi connectivity index (χ0v) is 19.6. The maximum Gasteiger partial charge on any atom is 0.334 e. The molecular weight excluding hydrogens is 426 g/mol. The van der Waals surface area contributed by atoms with Gasteiger partial charge in [0.1, 0.15) is 30.0 Å². The van der Waals surface area contributed by atoms with Crippen molar-refractivity contribution in [1.29, 1.82) is 0 Å². The Hall–Kier alpha value is -1.48. The van der Waals surface area contributed by atoms with E-state index in [0.29, 0.717) is 6.61 Å². The fraction of sp³-hybridized carbons (Fsp3) is 0.840. The number of epoxide rings is 3. The van der Waals surface area contributed by atoms with Crippen LogP contribution in [0.15, 0.2) is 11.1 Å². The standard InChI is InChI=1S/C25H33NO7/c1-4-5-8-26-10-18(27)30-22-23(12(2)3)19(32-23)20-24(33-20)16-7-6-13-15(11-29-21(13)28)14(16)9-17-25(22,24)31-17/h12,14,16-17,19-20,22,26H,4-11H2,1-3H3/t14-,16-,17-,19-,20-,22+,23-,24-,25+/m0/s1. The molecule has 0 aromatic rings. The van der Waals surface area contributed by atoms with E-state index in [1.807, 2.05) is 0 Å². The lowest BCUT2D eigenvalue weighted by Gasteiger charge is -2.47. The molecule has 0 aromatic heterocycles. The van der Waals surface area contributed by atoms with Gasteiger partial charge in [0.05, 0.1) is 12.6 Å². The van der Waals surface area contributed by atoms with E-state index in [1.165, 1.54) is 0 Å². The van der Waals surface area contributed by atoms with Crippen LogP contribution in [0.4, 0.5) is 0 Å². The molecule has 0 radical (unpaired) electrons. The average Bonchev–Trinajstić information content (AvgIpc) is 3.69. The van der Waals surface area contributed by atoms with Crippen LogP contribution in [0, 0.1) is 17.8 Å². The average molecular weight is 460 g/mol. The van der Waals surface area contributed by atoms with E-state index in [1.54, 1.807) is 0 Å². The van der Waals surface area contributed by atoms with Gasteiger partial charge in [0.25, 0.3) is 0 Å². The first-order chi connectivity index (χ1) is 15.9. The first kappa shape index (κ1) is 20.9. The van der Waals surface area contributed by atoms with Crippen LogP contribution in [0.5, 0.6) is 0 Å². The highest BCUT2D eigenvalue weighted by molar-refractivity contribution is 5.92. The smallest absolute Gasteiger partial charge is 0.334 e. The Balaban J connectivity index is 1.21. The number of carbonyl (C=O) groups excluding carboxylic acids is 2. The van der Waals surface area contributed by atoms with Gasteiger partial charge in [-0.15, -0.1) is 0 Å². The van der Waals surface area contributed by atoms with Gasteiger partial charge in [-0.05, 0) is 49.6 Å². The van der Waals surface area contributed by atoms with E-state index in [4.69, 9.17) is 23.7 Å². The molecule has 3 aliphatic carbocycles. The minimum atomic E-state index is -0.642. The Labute approximate surface area is 193 Å². The number of ether oxygens (including phenoxy) is 5. The normalized spacial score (nSPS) is 49.8. The number of rotatable bonds is 7. The SMILES string of the molecule is CCCCNCC(=O)O[C@@H]1[C@@]2(C(C)C)O[C@H]2[C@@H]2O[C@@]23[C@H]2CCC4=C(COC4=O)[C@@H]2C[C@@H]2O[C@]213. The molecule has 2 saturated carbocycles. The Kier molecular flexibility index (Phi) is 4.17. The van der Waals surface area contributed by atoms with Gasteiger partial charge in [0.2, 0.25) is 0 Å². The summed E-state index contributed by atoms with van der Waals surface area (Å²) < 4.78 is 31.2. The summed E-state index contributed by atoms with van der Waals surface area (Å²) in [5.41, 5.74) is 0.336. The zero-order valence-electron chi connectivity index (χ0n) is 19.6. The molecule has 1 N–H and O–H groups in total. The lowest BCUT2D eigenvalue weighted by Crippen LogP contribution is -2.67. The van der Waals surface area contributed by atoms with Crippen molar-refractivity contribution in [1.82, 2.24) is 5.32 Å². The van der Waals surface area contributed by atoms with Crippen LogP contribution in [-0.2, 0) is 33.3 Å². The summed E-state index contributed by atoms with van der Waals surface area (Å²) >= 11 is 0.